The van der Waals surface area contributed by atoms with Gasteiger partial charge >= 0.3 is 0 Å². The molecular formula is C13H18FN. The van der Waals surface area contributed by atoms with Gasteiger partial charge < -0.3 is 5.32 Å². The van der Waals surface area contributed by atoms with Crippen LogP contribution in [-0.2, 0) is 6.42 Å². The summed E-state index contributed by atoms with van der Waals surface area (Å²) in [5, 5.41) is 3.35. The van der Waals surface area contributed by atoms with Gasteiger partial charge in [-0.15, -0.1) is 0 Å². The minimum atomic E-state index is -0.0581. The van der Waals surface area contributed by atoms with Gasteiger partial charge in [-0.2, -0.15) is 0 Å². The number of rotatable bonds is 2. The number of hydrogen-bond acceptors (Lipinski definition) is 1. The highest BCUT2D eigenvalue weighted by Gasteiger charge is 2.27. The zero-order chi connectivity index (χ0) is 10.7. The fourth-order valence-corrected chi connectivity index (χ4v) is 2.31. The smallest absolute Gasteiger partial charge is 0.126 e. The van der Waals surface area contributed by atoms with E-state index in [1.54, 1.807) is 12.1 Å². The topological polar surface area (TPSA) is 12.0 Å². The standard InChI is InChI=1S/C13H18FN/c1-13(6-8-15-9-7-13)10-11-4-2-3-5-12(11)14/h2-5,15H,6-10H2,1H3. The normalized spacial score (nSPS) is 20.1. The van der Waals surface area contributed by atoms with Gasteiger partial charge in [-0.3, -0.25) is 0 Å². The maximum Gasteiger partial charge on any atom is 0.126 e. The summed E-state index contributed by atoms with van der Waals surface area (Å²) in [5.41, 5.74) is 1.13. The molecule has 0 amide bonds. The molecule has 0 aromatic heterocycles. The van der Waals surface area contributed by atoms with Crippen molar-refractivity contribution in [2.45, 2.75) is 26.2 Å². The molecule has 0 saturated carbocycles. The summed E-state index contributed by atoms with van der Waals surface area (Å²) in [6.45, 7) is 4.39. The third-order valence-corrected chi connectivity index (χ3v) is 3.39. The lowest BCUT2D eigenvalue weighted by Crippen LogP contribution is -2.36. The Bertz CT molecular complexity index is 329. The van der Waals surface area contributed by atoms with E-state index in [0.29, 0.717) is 0 Å². The molecule has 2 heteroatoms. The van der Waals surface area contributed by atoms with Gasteiger partial charge in [-0.25, -0.2) is 4.39 Å². The summed E-state index contributed by atoms with van der Waals surface area (Å²) in [6, 6.07) is 7.13. The first kappa shape index (κ1) is 10.6. The number of piperidine rings is 1. The third kappa shape index (κ3) is 2.57. The van der Waals surface area contributed by atoms with Crippen LogP contribution in [0.4, 0.5) is 4.39 Å². The molecule has 82 valence electrons. The first-order chi connectivity index (χ1) is 7.20. The van der Waals surface area contributed by atoms with Gasteiger partial charge in [-0.05, 0) is 49.4 Å². The molecule has 0 bridgehead atoms. The van der Waals surface area contributed by atoms with Crippen molar-refractivity contribution in [3.8, 4) is 0 Å². The molecule has 0 atom stereocenters. The fourth-order valence-electron chi connectivity index (χ4n) is 2.31. The largest absolute Gasteiger partial charge is 0.317 e. The lowest BCUT2D eigenvalue weighted by atomic mass is 9.76. The molecule has 0 radical (unpaired) electrons. The first-order valence-electron chi connectivity index (χ1n) is 5.64. The summed E-state index contributed by atoms with van der Waals surface area (Å²) < 4.78 is 13.5. The number of halogens is 1. The van der Waals surface area contributed by atoms with Crippen molar-refractivity contribution in [2.24, 2.45) is 5.41 Å². The molecule has 1 heterocycles. The SMILES string of the molecule is CC1(Cc2ccccc2F)CCNCC1. The predicted octanol–water partition coefficient (Wildman–Crippen LogP) is 2.76. The van der Waals surface area contributed by atoms with Crippen LogP contribution >= 0.6 is 0 Å². The summed E-state index contributed by atoms with van der Waals surface area (Å²) >= 11 is 0. The molecule has 1 aliphatic rings. The van der Waals surface area contributed by atoms with Crippen LogP contribution in [0.3, 0.4) is 0 Å². The van der Waals surface area contributed by atoms with Crippen molar-refractivity contribution in [1.29, 1.82) is 0 Å². The molecule has 2 rings (SSSR count). The average Bonchev–Trinajstić information content (AvgIpc) is 2.22. The predicted molar refractivity (Wildman–Crippen MR) is 60.3 cm³/mol. The molecule has 1 N–H and O–H groups in total. The van der Waals surface area contributed by atoms with Crippen molar-refractivity contribution < 1.29 is 4.39 Å². The Labute approximate surface area is 90.7 Å². The summed E-state index contributed by atoms with van der Waals surface area (Å²) in [7, 11) is 0. The van der Waals surface area contributed by atoms with Crippen LogP contribution in [0.2, 0.25) is 0 Å². The first-order valence-corrected chi connectivity index (χ1v) is 5.64. The van der Waals surface area contributed by atoms with E-state index in [-0.39, 0.29) is 11.2 Å². The van der Waals surface area contributed by atoms with Gasteiger partial charge in [0.25, 0.3) is 0 Å². The van der Waals surface area contributed by atoms with E-state index >= 15 is 0 Å². The maximum atomic E-state index is 13.5. The second kappa shape index (κ2) is 4.31. The van der Waals surface area contributed by atoms with Gasteiger partial charge in [0.15, 0.2) is 0 Å². The van der Waals surface area contributed by atoms with Crippen LogP contribution in [0.15, 0.2) is 24.3 Å². The molecule has 1 aromatic carbocycles. The van der Waals surface area contributed by atoms with E-state index in [4.69, 9.17) is 0 Å². The summed E-state index contributed by atoms with van der Waals surface area (Å²) in [5.74, 6) is -0.0581. The Balaban J connectivity index is 2.10. The Morgan fingerprint density at radius 1 is 1.27 bits per heavy atom. The number of benzene rings is 1. The highest BCUT2D eigenvalue weighted by molar-refractivity contribution is 5.19. The molecule has 0 unspecified atom stereocenters. The molecule has 1 aromatic rings. The van der Waals surface area contributed by atoms with Crippen LogP contribution in [0.1, 0.15) is 25.3 Å². The Hall–Kier alpha value is -0.890. The zero-order valence-corrected chi connectivity index (χ0v) is 9.22. The van der Waals surface area contributed by atoms with Gasteiger partial charge in [0, 0.05) is 0 Å². The van der Waals surface area contributed by atoms with Gasteiger partial charge in [0.2, 0.25) is 0 Å². The van der Waals surface area contributed by atoms with Gasteiger partial charge in [0.05, 0.1) is 0 Å². The van der Waals surface area contributed by atoms with Crippen LogP contribution in [-0.4, -0.2) is 13.1 Å². The molecule has 1 fully saturated rings. The Kier molecular flexibility index (Phi) is 3.06. The van der Waals surface area contributed by atoms with Crippen molar-refractivity contribution in [1.82, 2.24) is 5.32 Å². The highest BCUT2D eigenvalue weighted by atomic mass is 19.1. The highest BCUT2D eigenvalue weighted by Crippen LogP contribution is 2.32. The lowest BCUT2D eigenvalue weighted by molar-refractivity contribution is 0.226. The molecule has 1 aliphatic heterocycles. The zero-order valence-electron chi connectivity index (χ0n) is 9.22. The van der Waals surface area contributed by atoms with Gasteiger partial charge in [-0.1, -0.05) is 25.1 Å². The monoisotopic (exact) mass is 207 g/mol. The van der Waals surface area contributed by atoms with E-state index in [0.717, 1.165) is 37.9 Å². The van der Waals surface area contributed by atoms with Crippen molar-refractivity contribution in [2.75, 3.05) is 13.1 Å². The third-order valence-electron chi connectivity index (χ3n) is 3.39. The number of hydrogen-bond donors (Lipinski definition) is 1. The summed E-state index contributed by atoms with van der Waals surface area (Å²) in [4.78, 5) is 0. The number of nitrogens with one attached hydrogen (secondary N) is 1. The maximum absolute atomic E-state index is 13.5. The lowest BCUT2D eigenvalue weighted by Gasteiger charge is -2.34. The van der Waals surface area contributed by atoms with E-state index in [1.807, 2.05) is 12.1 Å². The van der Waals surface area contributed by atoms with E-state index in [1.165, 1.54) is 0 Å². The molecule has 1 nitrogen and oxygen atoms in total. The van der Waals surface area contributed by atoms with Crippen LogP contribution < -0.4 is 5.32 Å². The molecule has 1 saturated heterocycles. The second-order valence-electron chi connectivity index (χ2n) is 4.83. The Morgan fingerprint density at radius 3 is 2.60 bits per heavy atom. The molecule has 15 heavy (non-hydrogen) atoms. The Morgan fingerprint density at radius 2 is 1.93 bits per heavy atom. The van der Waals surface area contributed by atoms with E-state index in [2.05, 4.69) is 12.2 Å². The van der Waals surface area contributed by atoms with Crippen molar-refractivity contribution in [3.05, 3.63) is 35.6 Å². The fraction of sp³-hybridized carbons (Fsp3) is 0.538. The molecule has 0 aliphatic carbocycles. The van der Waals surface area contributed by atoms with Crippen LogP contribution in [0.5, 0.6) is 0 Å². The quantitative estimate of drug-likeness (QED) is 0.786. The summed E-state index contributed by atoms with van der Waals surface area (Å²) in [6.07, 6.45) is 3.14. The molecular weight excluding hydrogens is 189 g/mol. The van der Waals surface area contributed by atoms with E-state index < -0.39 is 0 Å². The van der Waals surface area contributed by atoms with Crippen molar-refractivity contribution >= 4 is 0 Å². The minimum absolute atomic E-state index is 0.0581. The molecule has 0 spiro atoms. The average molecular weight is 207 g/mol. The van der Waals surface area contributed by atoms with Crippen LogP contribution in [0.25, 0.3) is 0 Å². The second-order valence-corrected chi connectivity index (χ2v) is 4.83. The van der Waals surface area contributed by atoms with Crippen LogP contribution in [0, 0.1) is 11.2 Å². The van der Waals surface area contributed by atoms with Gasteiger partial charge in [0.1, 0.15) is 5.82 Å². The van der Waals surface area contributed by atoms with Crippen molar-refractivity contribution in [3.63, 3.8) is 0 Å². The van der Waals surface area contributed by atoms with E-state index in [9.17, 15) is 4.39 Å². The minimum Gasteiger partial charge on any atom is -0.317 e.